The van der Waals surface area contributed by atoms with Gasteiger partial charge in [0.25, 0.3) is 0 Å². The van der Waals surface area contributed by atoms with Gasteiger partial charge in [0.1, 0.15) is 0 Å². The van der Waals surface area contributed by atoms with E-state index in [1.807, 2.05) is 0 Å². The van der Waals surface area contributed by atoms with Gasteiger partial charge in [-0.2, -0.15) is 0 Å². The molecule has 2 aliphatic rings. The molecule has 2 nitrogen and oxygen atoms in total. The maximum atomic E-state index is 6.13. The Morgan fingerprint density at radius 3 is 2.24 bits per heavy atom. The van der Waals surface area contributed by atoms with Crippen molar-refractivity contribution in [1.29, 1.82) is 0 Å². The molecule has 100 valence electrons. The maximum Gasteiger partial charge on any atom is 0.0340 e. The van der Waals surface area contributed by atoms with Crippen molar-refractivity contribution in [2.75, 3.05) is 13.1 Å². The molecule has 0 atom stereocenters. The van der Waals surface area contributed by atoms with Crippen LogP contribution in [0.3, 0.4) is 0 Å². The number of nitrogens with two attached hydrogens (primary N) is 1. The molecule has 0 bridgehead atoms. The van der Waals surface area contributed by atoms with Crippen molar-refractivity contribution in [1.82, 2.24) is 4.90 Å². The quantitative estimate of drug-likeness (QED) is 0.798. The molecule has 0 aromatic heterocycles. The second-order valence-corrected chi connectivity index (χ2v) is 6.57. The topological polar surface area (TPSA) is 29.3 Å². The monoisotopic (exact) mass is 238 g/mol. The zero-order valence-electron chi connectivity index (χ0n) is 11.9. The molecule has 0 radical (unpaired) electrons. The maximum absolute atomic E-state index is 6.13. The summed E-state index contributed by atoms with van der Waals surface area (Å²) in [6, 6.07) is 0.830. The SMILES string of the molecule is CCN(C1CCCC1)C1(CN)CC(C(C)C)C1. The molecular weight excluding hydrogens is 208 g/mol. The highest BCUT2D eigenvalue weighted by Gasteiger charge is 2.49. The Morgan fingerprint density at radius 1 is 1.24 bits per heavy atom. The van der Waals surface area contributed by atoms with E-state index in [1.54, 1.807) is 0 Å². The Hall–Kier alpha value is -0.0800. The van der Waals surface area contributed by atoms with Crippen molar-refractivity contribution in [3.63, 3.8) is 0 Å². The van der Waals surface area contributed by atoms with Crippen molar-refractivity contribution in [3.8, 4) is 0 Å². The molecule has 0 aromatic rings. The fourth-order valence-corrected chi connectivity index (χ4v) is 4.10. The summed E-state index contributed by atoms with van der Waals surface area (Å²) in [5, 5.41) is 0. The van der Waals surface area contributed by atoms with Crippen LogP contribution in [-0.2, 0) is 0 Å². The third-order valence-corrected chi connectivity index (χ3v) is 5.32. The Kier molecular flexibility index (Phi) is 4.14. The first-order valence-electron chi connectivity index (χ1n) is 7.60. The van der Waals surface area contributed by atoms with Gasteiger partial charge in [-0.1, -0.05) is 33.6 Å². The van der Waals surface area contributed by atoms with Crippen molar-refractivity contribution >= 4 is 0 Å². The van der Waals surface area contributed by atoms with Crippen LogP contribution in [0, 0.1) is 11.8 Å². The predicted molar refractivity (Wildman–Crippen MR) is 74.0 cm³/mol. The summed E-state index contributed by atoms with van der Waals surface area (Å²) in [6.45, 7) is 9.08. The van der Waals surface area contributed by atoms with Crippen molar-refractivity contribution in [2.45, 2.75) is 70.9 Å². The van der Waals surface area contributed by atoms with Gasteiger partial charge in [0.05, 0.1) is 0 Å². The van der Waals surface area contributed by atoms with Gasteiger partial charge in [-0.25, -0.2) is 0 Å². The van der Waals surface area contributed by atoms with Crippen LogP contribution in [-0.4, -0.2) is 29.6 Å². The standard InChI is InChI=1S/C15H30N2/c1-4-17(14-7-5-6-8-14)15(11-16)9-13(10-15)12(2)3/h12-14H,4-11,16H2,1-3H3. The van der Waals surface area contributed by atoms with E-state index in [4.69, 9.17) is 5.73 Å². The summed E-state index contributed by atoms with van der Waals surface area (Å²) in [5.74, 6) is 1.74. The van der Waals surface area contributed by atoms with E-state index in [9.17, 15) is 0 Å². The number of hydrogen-bond donors (Lipinski definition) is 1. The Labute approximate surface area is 107 Å². The first kappa shape index (κ1) is 13.4. The average Bonchev–Trinajstić information content (AvgIpc) is 2.75. The van der Waals surface area contributed by atoms with Gasteiger partial charge in [-0.3, -0.25) is 4.90 Å². The van der Waals surface area contributed by atoms with Crippen LogP contribution in [0.2, 0.25) is 0 Å². The zero-order chi connectivity index (χ0) is 12.5. The highest BCUT2D eigenvalue weighted by atomic mass is 15.2. The van der Waals surface area contributed by atoms with Gasteiger partial charge in [0, 0.05) is 18.1 Å². The third kappa shape index (κ3) is 2.39. The molecule has 2 saturated carbocycles. The lowest BCUT2D eigenvalue weighted by atomic mass is 9.62. The van der Waals surface area contributed by atoms with E-state index >= 15 is 0 Å². The molecule has 0 aliphatic heterocycles. The molecule has 2 heteroatoms. The highest BCUT2D eigenvalue weighted by molar-refractivity contribution is 5.06. The minimum absolute atomic E-state index is 0.360. The first-order valence-corrected chi connectivity index (χ1v) is 7.60. The molecule has 0 unspecified atom stereocenters. The van der Waals surface area contributed by atoms with Gasteiger partial charge in [-0.05, 0) is 44.1 Å². The summed E-state index contributed by atoms with van der Waals surface area (Å²) in [5.41, 5.74) is 6.49. The van der Waals surface area contributed by atoms with Gasteiger partial charge < -0.3 is 5.73 Å². The molecule has 0 aromatic carbocycles. The molecule has 0 amide bonds. The molecule has 2 fully saturated rings. The summed E-state index contributed by atoms with van der Waals surface area (Å²) >= 11 is 0. The lowest BCUT2D eigenvalue weighted by Gasteiger charge is -2.57. The van der Waals surface area contributed by atoms with Crippen LogP contribution in [0.1, 0.15) is 59.3 Å². The zero-order valence-corrected chi connectivity index (χ0v) is 11.9. The van der Waals surface area contributed by atoms with Crippen LogP contribution in [0.15, 0.2) is 0 Å². The number of likely N-dealkylation sites (N-methyl/N-ethyl adjacent to an activating group) is 1. The van der Waals surface area contributed by atoms with Crippen molar-refractivity contribution in [3.05, 3.63) is 0 Å². The molecule has 2 aliphatic carbocycles. The lowest BCUT2D eigenvalue weighted by molar-refractivity contribution is -0.0553. The normalized spacial score (nSPS) is 34.6. The summed E-state index contributed by atoms with van der Waals surface area (Å²) < 4.78 is 0. The fourth-order valence-electron chi connectivity index (χ4n) is 4.10. The van der Waals surface area contributed by atoms with Gasteiger partial charge >= 0.3 is 0 Å². The lowest BCUT2D eigenvalue weighted by Crippen LogP contribution is -2.64. The second kappa shape index (κ2) is 5.27. The van der Waals surface area contributed by atoms with E-state index in [0.29, 0.717) is 5.54 Å². The Morgan fingerprint density at radius 2 is 1.82 bits per heavy atom. The average molecular weight is 238 g/mol. The van der Waals surface area contributed by atoms with Crippen LogP contribution >= 0.6 is 0 Å². The minimum atomic E-state index is 0.360. The van der Waals surface area contributed by atoms with Crippen LogP contribution < -0.4 is 5.73 Å². The Balaban J connectivity index is 2.01. The minimum Gasteiger partial charge on any atom is -0.329 e. The molecule has 2 rings (SSSR count). The molecule has 0 spiro atoms. The summed E-state index contributed by atoms with van der Waals surface area (Å²) in [4.78, 5) is 2.76. The van der Waals surface area contributed by atoms with Crippen LogP contribution in [0.25, 0.3) is 0 Å². The van der Waals surface area contributed by atoms with E-state index in [2.05, 4.69) is 25.7 Å². The van der Waals surface area contributed by atoms with Crippen molar-refractivity contribution in [2.24, 2.45) is 17.6 Å². The van der Waals surface area contributed by atoms with Crippen LogP contribution in [0.5, 0.6) is 0 Å². The summed E-state index contributed by atoms with van der Waals surface area (Å²) in [6.07, 6.45) is 8.34. The van der Waals surface area contributed by atoms with Crippen molar-refractivity contribution < 1.29 is 0 Å². The van der Waals surface area contributed by atoms with E-state index in [1.165, 1.54) is 45.1 Å². The first-order chi connectivity index (χ1) is 8.13. The molecule has 17 heavy (non-hydrogen) atoms. The Bertz CT molecular complexity index is 237. The number of rotatable bonds is 5. The molecule has 2 N–H and O–H groups in total. The molecule has 0 saturated heterocycles. The molecular formula is C15H30N2. The van der Waals surface area contributed by atoms with Crippen LogP contribution in [0.4, 0.5) is 0 Å². The van der Waals surface area contributed by atoms with Gasteiger partial charge in [0.15, 0.2) is 0 Å². The fraction of sp³-hybridized carbons (Fsp3) is 1.00. The van der Waals surface area contributed by atoms with E-state index in [-0.39, 0.29) is 0 Å². The highest BCUT2D eigenvalue weighted by Crippen LogP contribution is 2.47. The number of nitrogens with zero attached hydrogens (tertiary/aromatic N) is 1. The second-order valence-electron chi connectivity index (χ2n) is 6.57. The third-order valence-electron chi connectivity index (χ3n) is 5.32. The van der Waals surface area contributed by atoms with Gasteiger partial charge in [-0.15, -0.1) is 0 Å². The van der Waals surface area contributed by atoms with Gasteiger partial charge in [0.2, 0.25) is 0 Å². The largest absolute Gasteiger partial charge is 0.329 e. The number of hydrogen-bond acceptors (Lipinski definition) is 2. The van der Waals surface area contributed by atoms with E-state index < -0.39 is 0 Å². The smallest absolute Gasteiger partial charge is 0.0340 e. The predicted octanol–water partition coefficient (Wildman–Crippen LogP) is 3.01. The summed E-state index contributed by atoms with van der Waals surface area (Å²) in [7, 11) is 0. The van der Waals surface area contributed by atoms with E-state index in [0.717, 1.165) is 24.4 Å². The molecule has 0 heterocycles.